The van der Waals surface area contributed by atoms with E-state index in [2.05, 4.69) is 0 Å². The number of Topliss-reactive ketones (excluding diaryl/α,β-unsaturated/α-hetero) is 1. The van der Waals surface area contributed by atoms with Gasteiger partial charge in [0, 0.05) is 17.4 Å². The molecule has 1 aliphatic carbocycles. The van der Waals surface area contributed by atoms with Gasteiger partial charge in [0.1, 0.15) is 10.8 Å². The number of hydrogen-bond donors (Lipinski definition) is 1. The lowest BCUT2D eigenvalue weighted by atomic mass is 9.70. The maximum absolute atomic E-state index is 12.7. The van der Waals surface area contributed by atoms with Gasteiger partial charge in [-0.05, 0) is 37.3 Å². The zero-order chi connectivity index (χ0) is 17.2. The number of fused-ring (bicyclic) bond motifs is 1. The Morgan fingerprint density at radius 3 is 2.70 bits per heavy atom. The molecule has 126 valence electrons. The van der Waals surface area contributed by atoms with E-state index in [9.17, 15) is 9.59 Å². The predicted octanol–water partition coefficient (Wildman–Crippen LogP) is 4.78. The molecule has 1 aromatic rings. The largest absolute Gasteiger partial charge is 0.492 e. The Hall–Kier alpha value is -1.26. The van der Waals surface area contributed by atoms with E-state index in [4.69, 9.17) is 33.0 Å². The van der Waals surface area contributed by atoms with Gasteiger partial charge in [0.05, 0.1) is 11.6 Å². The van der Waals surface area contributed by atoms with Crippen LogP contribution in [0.25, 0.3) is 0 Å². The molecular weight excluding hydrogens is 339 g/mol. The van der Waals surface area contributed by atoms with E-state index in [1.54, 1.807) is 6.07 Å². The lowest BCUT2D eigenvalue weighted by Crippen LogP contribution is -2.33. The standard InChI is InChI=1S/C17H20Cl2O4/c1-3-17(2)7-6-10-9-11(23-8-4-5-12(20)21)14(18)15(19)13(10)16(17)22/h9H,3-8H2,1-2H3,(H,20,21)/t17-/m1/s1. The van der Waals surface area contributed by atoms with Crippen molar-refractivity contribution in [2.45, 2.75) is 46.0 Å². The smallest absolute Gasteiger partial charge is 0.303 e. The Morgan fingerprint density at radius 1 is 1.39 bits per heavy atom. The summed E-state index contributed by atoms with van der Waals surface area (Å²) in [7, 11) is 0. The molecule has 0 amide bonds. The number of carboxylic acids is 1. The second kappa shape index (κ2) is 7.10. The summed E-state index contributed by atoms with van der Waals surface area (Å²) >= 11 is 12.6. The molecule has 0 radical (unpaired) electrons. The summed E-state index contributed by atoms with van der Waals surface area (Å²) in [6, 6.07) is 1.76. The first-order valence-corrected chi connectivity index (χ1v) is 8.46. The molecule has 0 spiro atoms. The van der Waals surface area contributed by atoms with Gasteiger partial charge >= 0.3 is 5.97 Å². The molecule has 0 heterocycles. The van der Waals surface area contributed by atoms with Crippen molar-refractivity contribution in [3.8, 4) is 5.75 Å². The van der Waals surface area contributed by atoms with Gasteiger partial charge < -0.3 is 9.84 Å². The van der Waals surface area contributed by atoms with Crippen molar-refractivity contribution in [1.29, 1.82) is 0 Å². The van der Waals surface area contributed by atoms with E-state index in [-0.39, 0.29) is 28.9 Å². The molecule has 1 aliphatic rings. The monoisotopic (exact) mass is 358 g/mol. The highest BCUT2D eigenvalue weighted by atomic mass is 35.5. The third-order valence-electron chi connectivity index (χ3n) is 4.55. The highest BCUT2D eigenvalue weighted by molar-refractivity contribution is 6.45. The first-order chi connectivity index (χ1) is 10.8. The lowest BCUT2D eigenvalue weighted by molar-refractivity contribution is -0.137. The molecule has 0 aliphatic heterocycles. The number of carbonyl (C=O) groups excluding carboxylic acids is 1. The molecular formula is C17H20Cl2O4. The number of carbonyl (C=O) groups is 2. The molecule has 0 fully saturated rings. The third-order valence-corrected chi connectivity index (χ3v) is 5.40. The van der Waals surface area contributed by atoms with E-state index in [1.165, 1.54) is 0 Å². The number of aliphatic carboxylic acids is 1. The summed E-state index contributed by atoms with van der Waals surface area (Å²) in [5.41, 5.74) is 0.956. The first kappa shape index (κ1) is 18.1. The Morgan fingerprint density at radius 2 is 2.09 bits per heavy atom. The van der Waals surface area contributed by atoms with Crippen LogP contribution in [0.3, 0.4) is 0 Å². The Kier molecular flexibility index (Phi) is 5.58. The van der Waals surface area contributed by atoms with Crippen LogP contribution in [-0.4, -0.2) is 23.5 Å². The van der Waals surface area contributed by atoms with Crippen LogP contribution in [0.2, 0.25) is 10.0 Å². The second-order valence-corrected chi connectivity index (χ2v) is 6.88. The SMILES string of the molecule is CC[C@]1(C)CCc2cc(OCCCC(=O)O)c(Cl)c(Cl)c2C1=O. The van der Waals surface area contributed by atoms with Gasteiger partial charge in [0.25, 0.3) is 0 Å². The van der Waals surface area contributed by atoms with Gasteiger partial charge in [-0.25, -0.2) is 0 Å². The minimum atomic E-state index is -0.868. The van der Waals surface area contributed by atoms with E-state index < -0.39 is 11.4 Å². The maximum Gasteiger partial charge on any atom is 0.303 e. The molecule has 0 bridgehead atoms. The summed E-state index contributed by atoms with van der Waals surface area (Å²) in [4.78, 5) is 23.2. The molecule has 0 saturated heterocycles. The summed E-state index contributed by atoms with van der Waals surface area (Å²) in [6.45, 7) is 4.19. The van der Waals surface area contributed by atoms with Gasteiger partial charge in [0.2, 0.25) is 0 Å². The van der Waals surface area contributed by atoms with Crippen molar-refractivity contribution in [2.24, 2.45) is 5.41 Å². The first-order valence-electron chi connectivity index (χ1n) is 7.70. The van der Waals surface area contributed by atoms with Crippen molar-refractivity contribution in [3.05, 3.63) is 27.2 Å². The summed E-state index contributed by atoms with van der Waals surface area (Å²) in [6.07, 6.45) is 2.68. The van der Waals surface area contributed by atoms with E-state index in [1.807, 2.05) is 13.8 Å². The van der Waals surface area contributed by atoms with Crippen LogP contribution >= 0.6 is 23.2 Å². The van der Waals surface area contributed by atoms with Crippen LogP contribution in [0.15, 0.2) is 6.07 Å². The average Bonchev–Trinajstić information content (AvgIpc) is 2.51. The van der Waals surface area contributed by atoms with E-state index in [0.717, 1.165) is 24.8 Å². The molecule has 4 nitrogen and oxygen atoms in total. The van der Waals surface area contributed by atoms with Crippen molar-refractivity contribution >= 4 is 35.0 Å². The molecule has 1 atom stereocenters. The van der Waals surface area contributed by atoms with Gasteiger partial charge in [-0.2, -0.15) is 0 Å². The van der Waals surface area contributed by atoms with Crippen LogP contribution < -0.4 is 4.74 Å². The molecule has 0 saturated carbocycles. The minimum Gasteiger partial charge on any atom is -0.492 e. The average molecular weight is 359 g/mol. The second-order valence-electron chi connectivity index (χ2n) is 6.13. The molecule has 23 heavy (non-hydrogen) atoms. The fourth-order valence-corrected chi connectivity index (χ4v) is 3.27. The lowest BCUT2D eigenvalue weighted by Gasteiger charge is -2.33. The summed E-state index contributed by atoms with van der Waals surface area (Å²) in [5, 5.41) is 9.08. The number of carboxylic acid groups (broad SMARTS) is 1. The fourth-order valence-electron chi connectivity index (χ4n) is 2.77. The van der Waals surface area contributed by atoms with E-state index >= 15 is 0 Å². The van der Waals surface area contributed by atoms with E-state index in [0.29, 0.717) is 17.7 Å². The third kappa shape index (κ3) is 3.64. The number of benzene rings is 1. The fraction of sp³-hybridized carbons (Fsp3) is 0.529. The van der Waals surface area contributed by atoms with Gasteiger partial charge in [-0.1, -0.05) is 37.0 Å². The molecule has 0 aromatic heterocycles. The van der Waals surface area contributed by atoms with Crippen LogP contribution in [0.5, 0.6) is 5.75 Å². The van der Waals surface area contributed by atoms with Crippen molar-refractivity contribution in [1.82, 2.24) is 0 Å². The van der Waals surface area contributed by atoms with Crippen LogP contribution in [-0.2, 0) is 11.2 Å². The molecule has 1 aromatic carbocycles. The maximum atomic E-state index is 12.7. The van der Waals surface area contributed by atoms with Gasteiger partial charge in [-0.15, -0.1) is 0 Å². The zero-order valence-electron chi connectivity index (χ0n) is 13.2. The number of aryl methyl sites for hydroxylation is 1. The Labute approximate surface area is 145 Å². The summed E-state index contributed by atoms with van der Waals surface area (Å²) < 4.78 is 5.56. The minimum absolute atomic E-state index is 0.0314. The van der Waals surface area contributed by atoms with Crippen LogP contribution in [0.1, 0.15) is 55.5 Å². The molecule has 2 rings (SSSR count). The Bertz CT molecular complexity index is 642. The van der Waals surface area contributed by atoms with Crippen molar-refractivity contribution in [2.75, 3.05) is 6.61 Å². The zero-order valence-corrected chi connectivity index (χ0v) is 14.8. The molecule has 6 heteroatoms. The number of halogens is 2. The number of rotatable bonds is 6. The number of ether oxygens (including phenoxy) is 1. The highest BCUT2D eigenvalue weighted by Gasteiger charge is 2.39. The van der Waals surface area contributed by atoms with Crippen molar-refractivity contribution in [3.63, 3.8) is 0 Å². The van der Waals surface area contributed by atoms with Crippen LogP contribution in [0, 0.1) is 5.41 Å². The normalized spacial score (nSPS) is 20.3. The predicted molar refractivity (Wildman–Crippen MR) is 89.9 cm³/mol. The quantitative estimate of drug-likeness (QED) is 0.743. The van der Waals surface area contributed by atoms with Gasteiger partial charge in [-0.3, -0.25) is 9.59 Å². The van der Waals surface area contributed by atoms with Crippen LogP contribution in [0.4, 0.5) is 0 Å². The van der Waals surface area contributed by atoms with Crippen molar-refractivity contribution < 1.29 is 19.4 Å². The molecule has 0 unspecified atom stereocenters. The summed E-state index contributed by atoms with van der Waals surface area (Å²) in [5.74, 6) is -0.424. The number of hydrogen-bond acceptors (Lipinski definition) is 3. The Balaban J connectivity index is 2.26. The molecule has 1 N–H and O–H groups in total. The number of ketones is 1. The van der Waals surface area contributed by atoms with Gasteiger partial charge in [0.15, 0.2) is 5.78 Å². The highest BCUT2D eigenvalue weighted by Crippen LogP contribution is 2.45. The topological polar surface area (TPSA) is 63.6 Å².